The number of nitrogens with one attached hydrogen (secondary N) is 4. The molecule has 8 heteroatoms. The summed E-state index contributed by atoms with van der Waals surface area (Å²) in [5.74, 6) is 0. The number of aryl methyl sites for hydroxylation is 1. The maximum Gasteiger partial charge on any atom is 0.186 e. The lowest BCUT2D eigenvalue weighted by molar-refractivity contribution is 0.897. The van der Waals surface area contributed by atoms with Gasteiger partial charge in [-0.15, -0.1) is 0 Å². The summed E-state index contributed by atoms with van der Waals surface area (Å²) in [5.41, 5.74) is 9.27. The largest absolute Gasteiger partial charge is 0.362 e. The average Bonchev–Trinajstić information content (AvgIpc) is 2.61. The minimum absolute atomic E-state index is 0.467. The average molecular weight is 379 g/mol. The Kier molecular flexibility index (Phi) is 9.64. The lowest BCUT2D eigenvalue weighted by Crippen LogP contribution is -2.34. The molecule has 1 aromatic carbocycles. The fourth-order valence-corrected chi connectivity index (χ4v) is 2.33. The first-order valence-corrected chi connectivity index (χ1v) is 9.12. The van der Waals surface area contributed by atoms with Crippen LogP contribution in [0.1, 0.15) is 38.8 Å². The second kappa shape index (κ2) is 11.5. The predicted molar refractivity (Wildman–Crippen MR) is 114 cm³/mol. The summed E-state index contributed by atoms with van der Waals surface area (Å²) in [4.78, 5) is 0. The van der Waals surface area contributed by atoms with Gasteiger partial charge < -0.3 is 10.6 Å². The molecule has 0 aliphatic carbocycles. The number of thiocarbonyl (C=S) groups is 2. The molecule has 0 radical (unpaired) electrons. The van der Waals surface area contributed by atoms with Crippen molar-refractivity contribution in [3.8, 4) is 0 Å². The highest BCUT2D eigenvalue weighted by atomic mass is 32.1. The van der Waals surface area contributed by atoms with Crippen molar-refractivity contribution in [3.05, 3.63) is 35.4 Å². The molecule has 0 aliphatic rings. The smallest absolute Gasteiger partial charge is 0.186 e. The molecular weight excluding hydrogens is 352 g/mol. The summed E-state index contributed by atoms with van der Waals surface area (Å²) in [6, 6.07) is 8.21. The van der Waals surface area contributed by atoms with E-state index in [0.29, 0.717) is 21.6 Å². The van der Waals surface area contributed by atoms with E-state index in [1.165, 1.54) is 5.56 Å². The van der Waals surface area contributed by atoms with Gasteiger partial charge in [0.15, 0.2) is 10.2 Å². The molecule has 1 aromatic rings. The highest BCUT2D eigenvalue weighted by Crippen LogP contribution is 2.07. The topological polar surface area (TPSA) is 72.8 Å². The van der Waals surface area contributed by atoms with Gasteiger partial charge in [-0.2, -0.15) is 10.2 Å². The Bertz CT molecular complexity index is 637. The van der Waals surface area contributed by atoms with E-state index in [0.717, 1.165) is 25.1 Å². The Morgan fingerprint density at radius 1 is 0.880 bits per heavy atom. The normalized spacial score (nSPS) is 11.7. The molecule has 6 nitrogen and oxygen atoms in total. The lowest BCUT2D eigenvalue weighted by Gasteiger charge is -2.11. The van der Waals surface area contributed by atoms with Gasteiger partial charge in [0.2, 0.25) is 0 Å². The number of hydrogen-bond acceptors (Lipinski definition) is 4. The summed E-state index contributed by atoms with van der Waals surface area (Å²) < 4.78 is 0. The first-order chi connectivity index (χ1) is 12.0. The van der Waals surface area contributed by atoms with Crippen molar-refractivity contribution in [3.63, 3.8) is 0 Å². The Morgan fingerprint density at radius 3 is 1.88 bits per heavy atom. The molecule has 1 rings (SSSR count). The molecule has 136 valence electrons. The summed E-state index contributed by atoms with van der Waals surface area (Å²) >= 11 is 10.3. The third-order valence-corrected chi connectivity index (χ3v) is 3.72. The molecule has 0 amide bonds. The van der Waals surface area contributed by atoms with E-state index in [9.17, 15) is 0 Å². The predicted octanol–water partition coefficient (Wildman–Crippen LogP) is 2.30. The SMILES string of the molecule is CCNC(=S)NN=C(C)C(=NNC(=S)NCC)c1ccc(CC)cc1. The molecule has 0 bridgehead atoms. The van der Waals surface area contributed by atoms with Gasteiger partial charge >= 0.3 is 0 Å². The van der Waals surface area contributed by atoms with E-state index < -0.39 is 0 Å². The van der Waals surface area contributed by atoms with Gasteiger partial charge in [0, 0.05) is 18.7 Å². The maximum absolute atomic E-state index is 5.17. The quantitative estimate of drug-likeness (QED) is 0.331. The zero-order valence-electron chi connectivity index (χ0n) is 15.1. The van der Waals surface area contributed by atoms with Crippen molar-refractivity contribution < 1.29 is 0 Å². The Morgan fingerprint density at radius 2 is 1.40 bits per heavy atom. The van der Waals surface area contributed by atoms with Crippen LogP contribution in [0.15, 0.2) is 34.5 Å². The molecule has 0 heterocycles. The summed E-state index contributed by atoms with van der Waals surface area (Å²) in [7, 11) is 0. The Balaban J connectivity index is 3.04. The summed E-state index contributed by atoms with van der Waals surface area (Å²) in [5, 5.41) is 15.7. The molecule has 0 saturated carbocycles. The third-order valence-electron chi connectivity index (χ3n) is 3.25. The van der Waals surface area contributed by atoms with E-state index in [2.05, 4.69) is 50.7 Å². The van der Waals surface area contributed by atoms with E-state index in [1.54, 1.807) is 0 Å². The van der Waals surface area contributed by atoms with Crippen molar-refractivity contribution in [1.82, 2.24) is 21.5 Å². The summed E-state index contributed by atoms with van der Waals surface area (Å²) in [6.45, 7) is 9.40. The van der Waals surface area contributed by atoms with Crippen LogP contribution < -0.4 is 21.5 Å². The molecule has 0 aliphatic heterocycles. The minimum Gasteiger partial charge on any atom is -0.362 e. The molecular formula is C17H26N6S2. The van der Waals surface area contributed by atoms with Gasteiger partial charge in [-0.25, -0.2) is 0 Å². The highest BCUT2D eigenvalue weighted by molar-refractivity contribution is 7.80. The Labute approximate surface area is 160 Å². The number of nitrogens with zero attached hydrogens (tertiary/aromatic N) is 2. The van der Waals surface area contributed by atoms with Crippen LogP contribution >= 0.6 is 24.4 Å². The van der Waals surface area contributed by atoms with E-state index in [4.69, 9.17) is 24.4 Å². The van der Waals surface area contributed by atoms with Crippen molar-refractivity contribution in [1.29, 1.82) is 0 Å². The second-order valence-corrected chi connectivity index (χ2v) is 5.97. The van der Waals surface area contributed by atoms with Crippen LogP contribution in [0.25, 0.3) is 0 Å². The number of rotatable bonds is 7. The third kappa shape index (κ3) is 7.57. The van der Waals surface area contributed by atoms with Crippen LogP contribution in [0.2, 0.25) is 0 Å². The van der Waals surface area contributed by atoms with Gasteiger partial charge in [0.05, 0.1) is 5.71 Å². The van der Waals surface area contributed by atoms with Crippen molar-refractivity contribution in [2.45, 2.75) is 34.1 Å². The van der Waals surface area contributed by atoms with Gasteiger partial charge in [-0.1, -0.05) is 31.2 Å². The van der Waals surface area contributed by atoms with Crippen LogP contribution in [0.5, 0.6) is 0 Å². The zero-order valence-corrected chi connectivity index (χ0v) is 16.8. The van der Waals surface area contributed by atoms with Gasteiger partial charge in [0.1, 0.15) is 5.71 Å². The maximum atomic E-state index is 5.17. The van der Waals surface area contributed by atoms with Crippen LogP contribution in [-0.2, 0) is 6.42 Å². The fourth-order valence-electron chi connectivity index (χ4n) is 1.95. The zero-order chi connectivity index (χ0) is 18.7. The molecule has 0 saturated heterocycles. The number of benzene rings is 1. The van der Waals surface area contributed by atoms with Crippen LogP contribution in [-0.4, -0.2) is 34.7 Å². The fraction of sp³-hybridized carbons (Fsp3) is 0.412. The van der Waals surface area contributed by atoms with Crippen LogP contribution in [0.3, 0.4) is 0 Å². The first kappa shape index (κ1) is 21.0. The summed E-state index contributed by atoms with van der Waals surface area (Å²) in [6.07, 6.45) is 0.987. The van der Waals surface area contributed by atoms with Gasteiger partial charge in [-0.3, -0.25) is 10.9 Å². The molecule has 0 atom stereocenters. The van der Waals surface area contributed by atoms with Crippen molar-refractivity contribution >= 4 is 46.1 Å². The monoisotopic (exact) mass is 378 g/mol. The van der Waals surface area contributed by atoms with Gasteiger partial charge in [-0.05, 0) is 57.2 Å². The molecule has 0 unspecified atom stereocenters. The first-order valence-electron chi connectivity index (χ1n) is 8.31. The molecule has 0 spiro atoms. The van der Waals surface area contributed by atoms with Crippen molar-refractivity contribution in [2.75, 3.05) is 13.1 Å². The highest BCUT2D eigenvalue weighted by Gasteiger charge is 2.09. The minimum atomic E-state index is 0.467. The van der Waals surface area contributed by atoms with E-state index >= 15 is 0 Å². The number of hydrogen-bond donors (Lipinski definition) is 4. The van der Waals surface area contributed by atoms with Gasteiger partial charge in [0.25, 0.3) is 0 Å². The Hall–Kier alpha value is -2.06. The van der Waals surface area contributed by atoms with Crippen LogP contribution in [0.4, 0.5) is 0 Å². The second-order valence-electron chi connectivity index (χ2n) is 5.15. The standard InChI is InChI=1S/C17H26N6S2/c1-5-13-8-10-14(11-9-13)15(21-23-17(25)19-7-3)12(4)20-22-16(24)18-6-2/h8-11H,5-7H2,1-4H3,(H2,18,22,24)(H2,19,23,25). The lowest BCUT2D eigenvalue weighted by atomic mass is 10.0. The van der Waals surface area contributed by atoms with E-state index in [1.807, 2.05) is 32.9 Å². The van der Waals surface area contributed by atoms with Crippen LogP contribution in [0, 0.1) is 0 Å². The van der Waals surface area contributed by atoms with E-state index in [-0.39, 0.29) is 0 Å². The molecule has 4 N–H and O–H groups in total. The molecule has 25 heavy (non-hydrogen) atoms. The molecule has 0 aromatic heterocycles. The van der Waals surface area contributed by atoms with Crippen molar-refractivity contribution in [2.24, 2.45) is 10.2 Å². The number of hydrazone groups is 2. The molecule has 0 fully saturated rings.